The van der Waals surface area contributed by atoms with Crippen LogP contribution in [0.3, 0.4) is 0 Å². The summed E-state index contributed by atoms with van der Waals surface area (Å²) < 4.78 is 11.0. The number of carbonyl (C=O) groups is 2. The Bertz CT molecular complexity index is 853. The summed E-state index contributed by atoms with van der Waals surface area (Å²) in [6, 6.07) is 9.46. The molecule has 142 valence electrons. The molecule has 0 aromatic heterocycles. The Morgan fingerprint density at radius 3 is 2.30 bits per heavy atom. The van der Waals surface area contributed by atoms with Crippen molar-refractivity contribution in [3.05, 3.63) is 52.6 Å². The molecule has 0 saturated heterocycles. The number of amides is 2. The predicted molar refractivity (Wildman–Crippen MR) is 103 cm³/mol. The van der Waals surface area contributed by atoms with Gasteiger partial charge in [-0.05, 0) is 49.6 Å². The summed E-state index contributed by atoms with van der Waals surface area (Å²) >= 11 is 0. The Morgan fingerprint density at radius 2 is 1.59 bits per heavy atom. The lowest BCUT2D eigenvalue weighted by molar-refractivity contribution is -0.123. The van der Waals surface area contributed by atoms with Crippen LogP contribution in [0.5, 0.6) is 11.5 Å². The molecule has 0 bridgehead atoms. The lowest BCUT2D eigenvalue weighted by Crippen LogP contribution is -2.34. The second kappa shape index (κ2) is 8.12. The summed E-state index contributed by atoms with van der Waals surface area (Å²) in [6.45, 7) is 6.88. The van der Waals surface area contributed by atoms with E-state index in [1.165, 1.54) is 0 Å². The Balaban J connectivity index is 1.52. The topological polar surface area (TPSA) is 76.7 Å². The van der Waals surface area contributed by atoms with E-state index in [4.69, 9.17) is 9.47 Å². The third-order valence-electron chi connectivity index (χ3n) is 4.36. The van der Waals surface area contributed by atoms with Crippen LogP contribution in [0.1, 0.15) is 22.3 Å². The monoisotopic (exact) mass is 368 g/mol. The fraction of sp³-hybridized carbons (Fsp3) is 0.333. The van der Waals surface area contributed by atoms with Gasteiger partial charge in [0.25, 0.3) is 0 Å². The molecule has 0 aliphatic carbocycles. The Hall–Kier alpha value is -3.02. The quantitative estimate of drug-likeness (QED) is 0.851. The number of anilines is 1. The van der Waals surface area contributed by atoms with Crippen molar-refractivity contribution in [2.24, 2.45) is 0 Å². The van der Waals surface area contributed by atoms with Crippen LogP contribution >= 0.6 is 0 Å². The van der Waals surface area contributed by atoms with E-state index in [1.54, 1.807) is 12.1 Å². The van der Waals surface area contributed by atoms with Gasteiger partial charge in [0.05, 0.1) is 13.0 Å². The van der Waals surface area contributed by atoms with Crippen LogP contribution in [0.25, 0.3) is 0 Å². The maximum absolute atomic E-state index is 12.2. The van der Waals surface area contributed by atoms with Gasteiger partial charge in [0.2, 0.25) is 11.8 Å². The third kappa shape index (κ3) is 4.78. The second-order valence-corrected chi connectivity index (χ2v) is 6.75. The number of carbonyl (C=O) groups excluding carboxylic acids is 2. The molecule has 0 unspecified atom stereocenters. The Morgan fingerprint density at radius 1 is 0.926 bits per heavy atom. The number of ether oxygens (including phenoxy) is 2. The molecule has 2 N–H and O–H groups in total. The zero-order chi connectivity index (χ0) is 19.4. The van der Waals surface area contributed by atoms with Gasteiger partial charge in [-0.1, -0.05) is 23.8 Å². The molecule has 0 fully saturated rings. The molecule has 2 aromatic carbocycles. The normalized spacial score (nSPS) is 12.4. The second-order valence-electron chi connectivity index (χ2n) is 6.75. The number of aryl methyl sites for hydroxylation is 3. The first-order valence-electron chi connectivity index (χ1n) is 8.95. The van der Waals surface area contributed by atoms with E-state index in [0.717, 1.165) is 27.9 Å². The SMILES string of the molecule is Cc1cc(C)c(NC(=O)CNC(=O)Cc2ccc3c(c2)OCCO3)c(C)c1. The highest BCUT2D eigenvalue weighted by molar-refractivity contribution is 5.96. The first-order chi connectivity index (χ1) is 12.9. The van der Waals surface area contributed by atoms with E-state index in [9.17, 15) is 9.59 Å². The highest BCUT2D eigenvalue weighted by Crippen LogP contribution is 2.30. The average Bonchev–Trinajstić information content (AvgIpc) is 2.63. The number of benzene rings is 2. The van der Waals surface area contributed by atoms with Crippen molar-refractivity contribution < 1.29 is 19.1 Å². The van der Waals surface area contributed by atoms with Crippen molar-refractivity contribution >= 4 is 17.5 Å². The van der Waals surface area contributed by atoms with E-state index < -0.39 is 0 Å². The van der Waals surface area contributed by atoms with E-state index in [-0.39, 0.29) is 24.8 Å². The molecule has 0 saturated carbocycles. The number of rotatable bonds is 5. The van der Waals surface area contributed by atoms with Gasteiger partial charge in [-0.3, -0.25) is 9.59 Å². The molecule has 0 radical (unpaired) electrons. The smallest absolute Gasteiger partial charge is 0.243 e. The maximum atomic E-state index is 12.2. The number of hydrogen-bond acceptors (Lipinski definition) is 4. The lowest BCUT2D eigenvalue weighted by atomic mass is 10.1. The molecular weight excluding hydrogens is 344 g/mol. The molecule has 1 aliphatic rings. The summed E-state index contributed by atoms with van der Waals surface area (Å²) in [7, 11) is 0. The molecule has 1 heterocycles. The number of fused-ring (bicyclic) bond motifs is 1. The molecule has 0 spiro atoms. The van der Waals surface area contributed by atoms with Crippen LogP contribution < -0.4 is 20.1 Å². The summed E-state index contributed by atoms with van der Waals surface area (Å²) in [5, 5.41) is 5.53. The highest BCUT2D eigenvalue weighted by atomic mass is 16.6. The van der Waals surface area contributed by atoms with Gasteiger partial charge in [0, 0.05) is 5.69 Å². The highest BCUT2D eigenvalue weighted by Gasteiger charge is 2.14. The molecule has 6 nitrogen and oxygen atoms in total. The summed E-state index contributed by atoms with van der Waals surface area (Å²) in [5.74, 6) is 0.864. The Kier molecular flexibility index (Phi) is 5.64. The van der Waals surface area contributed by atoms with E-state index in [2.05, 4.69) is 10.6 Å². The molecule has 2 amide bonds. The van der Waals surface area contributed by atoms with Crippen molar-refractivity contribution in [2.75, 3.05) is 25.1 Å². The summed E-state index contributed by atoms with van der Waals surface area (Å²) in [5.41, 5.74) is 4.76. The number of hydrogen-bond donors (Lipinski definition) is 2. The predicted octanol–water partition coefficient (Wildman–Crippen LogP) is 2.68. The zero-order valence-electron chi connectivity index (χ0n) is 15.8. The lowest BCUT2D eigenvalue weighted by Gasteiger charge is -2.18. The van der Waals surface area contributed by atoms with Gasteiger partial charge >= 0.3 is 0 Å². The van der Waals surface area contributed by atoms with Crippen molar-refractivity contribution in [3.8, 4) is 11.5 Å². The van der Waals surface area contributed by atoms with Gasteiger partial charge in [-0.25, -0.2) is 0 Å². The average molecular weight is 368 g/mol. The molecule has 0 atom stereocenters. The van der Waals surface area contributed by atoms with Crippen LogP contribution in [-0.2, 0) is 16.0 Å². The van der Waals surface area contributed by atoms with Crippen molar-refractivity contribution in [1.82, 2.24) is 5.32 Å². The van der Waals surface area contributed by atoms with Crippen molar-refractivity contribution in [1.29, 1.82) is 0 Å². The minimum absolute atomic E-state index is 0.0733. The molecule has 3 rings (SSSR count). The van der Waals surface area contributed by atoms with Gasteiger partial charge in [-0.15, -0.1) is 0 Å². The minimum atomic E-state index is -0.249. The first kappa shape index (κ1) is 18.8. The molecular formula is C21H24N2O4. The fourth-order valence-electron chi connectivity index (χ4n) is 3.19. The van der Waals surface area contributed by atoms with Gasteiger partial charge in [0.15, 0.2) is 11.5 Å². The van der Waals surface area contributed by atoms with Gasteiger partial charge in [0.1, 0.15) is 13.2 Å². The van der Waals surface area contributed by atoms with Crippen LogP contribution in [0, 0.1) is 20.8 Å². The van der Waals surface area contributed by atoms with Crippen LogP contribution in [0.4, 0.5) is 5.69 Å². The van der Waals surface area contributed by atoms with Crippen LogP contribution in [-0.4, -0.2) is 31.6 Å². The van der Waals surface area contributed by atoms with Crippen LogP contribution in [0.15, 0.2) is 30.3 Å². The van der Waals surface area contributed by atoms with Crippen molar-refractivity contribution in [2.45, 2.75) is 27.2 Å². The minimum Gasteiger partial charge on any atom is -0.486 e. The maximum Gasteiger partial charge on any atom is 0.243 e. The molecule has 27 heavy (non-hydrogen) atoms. The zero-order valence-corrected chi connectivity index (χ0v) is 15.8. The summed E-state index contributed by atoms with van der Waals surface area (Å²) in [4.78, 5) is 24.3. The first-order valence-corrected chi connectivity index (χ1v) is 8.95. The van der Waals surface area contributed by atoms with Gasteiger partial charge in [-0.2, -0.15) is 0 Å². The molecule has 1 aliphatic heterocycles. The van der Waals surface area contributed by atoms with E-state index in [1.807, 2.05) is 39.0 Å². The third-order valence-corrected chi connectivity index (χ3v) is 4.36. The molecule has 2 aromatic rings. The largest absolute Gasteiger partial charge is 0.486 e. The van der Waals surface area contributed by atoms with Gasteiger partial charge < -0.3 is 20.1 Å². The van der Waals surface area contributed by atoms with E-state index >= 15 is 0 Å². The van der Waals surface area contributed by atoms with Crippen LogP contribution in [0.2, 0.25) is 0 Å². The molecule has 6 heteroatoms. The standard InChI is InChI=1S/C21H24N2O4/c1-13-8-14(2)21(15(3)9-13)23-20(25)12-22-19(24)11-16-4-5-17-18(10-16)27-7-6-26-17/h4-5,8-10H,6-7,11-12H2,1-3H3,(H,22,24)(H,23,25). The van der Waals surface area contributed by atoms with E-state index in [0.29, 0.717) is 24.7 Å². The number of nitrogens with one attached hydrogen (secondary N) is 2. The Labute approximate surface area is 158 Å². The summed E-state index contributed by atoms with van der Waals surface area (Å²) in [6.07, 6.45) is 0.173. The van der Waals surface area contributed by atoms with Crippen molar-refractivity contribution in [3.63, 3.8) is 0 Å². The fourth-order valence-corrected chi connectivity index (χ4v) is 3.19.